The van der Waals surface area contributed by atoms with Crippen molar-refractivity contribution >= 4 is 17.5 Å². The molecule has 112 valence electrons. The monoisotopic (exact) mass is 291 g/mol. The van der Waals surface area contributed by atoms with Gasteiger partial charge in [-0.05, 0) is 31.0 Å². The summed E-state index contributed by atoms with van der Waals surface area (Å²) in [5, 5.41) is 12.2. The molecular weight excluding hydrogens is 273 g/mol. The highest BCUT2D eigenvalue weighted by Gasteiger charge is 2.27. The van der Waals surface area contributed by atoms with Gasteiger partial charge in [-0.15, -0.1) is 0 Å². The highest BCUT2D eigenvalue weighted by Crippen LogP contribution is 2.26. The quantitative estimate of drug-likeness (QED) is 0.885. The van der Waals surface area contributed by atoms with E-state index in [0.717, 1.165) is 24.4 Å². The molecule has 21 heavy (non-hydrogen) atoms. The van der Waals surface area contributed by atoms with Gasteiger partial charge in [0.15, 0.2) is 0 Å². The third-order valence-corrected chi connectivity index (χ3v) is 4.01. The topological polar surface area (TPSA) is 64.9 Å². The van der Waals surface area contributed by atoms with E-state index < -0.39 is 11.9 Å². The first-order valence-electron chi connectivity index (χ1n) is 7.21. The summed E-state index contributed by atoms with van der Waals surface area (Å²) in [7, 11) is 0. The van der Waals surface area contributed by atoms with Crippen LogP contribution in [-0.4, -0.2) is 43.1 Å². The van der Waals surface area contributed by atoms with Crippen molar-refractivity contribution in [3.05, 3.63) is 29.6 Å². The Balaban J connectivity index is 1.80. The smallest absolute Gasteiger partial charge is 0.308 e. The zero-order chi connectivity index (χ0) is 14.8. The van der Waals surface area contributed by atoms with Crippen molar-refractivity contribution in [3.8, 4) is 0 Å². The van der Waals surface area contributed by atoms with E-state index in [1.165, 1.54) is 6.07 Å². The Labute approximate surface area is 122 Å². The van der Waals surface area contributed by atoms with Gasteiger partial charge >= 0.3 is 5.97 Å². The van der Waals surface area contributed by atoms with Crippen molar-refractivity contribution in [1.29, 1.82) is 0 Å². The number of amidine groups is 1. The van der Waals surface area contributed by atoms with Gasteiger partial charge in [-0.3, -0.25) is 9.79 Å². The molecule has 0 aliphatic carbocycles. The number of hydrogen-bond acceptors (Lipinski definition) is 4. The summed E-state index contributed by atoms with van der Waals surface area (Å²) in [4.78, 5) is 17.2. The highest BCUT2D eigenvalue weighted by molar-refractivity contribution is 6.00. The lowest BCUT2D eigenvalue weighted by atomic mass is 9.97. The molecule has 2 N–H and O–H groups in total. The lowest BCUT2D eigenvalue weighted by Crippen LogP contribution is -2.39. The number of nitrogens with one attached hydrogen (secondary N) is 1. The van der Waals surface area contributed by atoms with Crippen LogP contribution in [0.4, 0.5) is 10.1 Å². The second-order valence-corrected chi connectivity index (χ2v) is 5.45. The average molecular weight is 291 g/mol. The van der Waals surface area contributed by atoms with E-state index >= 15 is 0 Å². The normalized spacial score (nSPS) is 21.9. The predicted molar refractivity (Wildman–Crippen MR) is 78.4 cm³/mol. The molecule has 1 fully saturated rings. The highest BCUT2D eigenvalue weighted by atomic mass is 19.1. The SMILES string of the molecule is O=C(O)C1CCCN(c2ccc(C3=NCCN3)cc2F)C1. The maximum absolute atomic E-state index is 14.3. The third kappa shape index (κ3) is 2.84. The minimum Gasteiger partial charge on any atom is -0.481 e. The molecule has 0 amide bonds. The minimum absolute atomic E-state index is 0.324. The molecule has 0 radical (unpaired) electrons. The molecule has 0 spiro atoms. The van der Waals surface area contributed by atoms with Gasteiger partial charge in [0.25, 0.3) is 0 Å². The van der Waals surface area contributed by atoms with Crippen LogP contribution < -0.4 is 10.2 Å². The maximum Gasteiger partial charge on any atom is 0.308 e. The van der Waals surface area contributed by atoms with Crippen molar-refractivity contribution in [1.82, 2.24) is 5.32 Å². The van der Waals surface area contributed by atoms with Crippen LogP contribution >= 0.6 is 0 Å². The number of benzene rings is 1. The summed E-state index contributed by atoms with van der Waals surface area (Å²) >= 11 is 0. The largest absolute Gasteiger partial charge is 0.481 e. The van der Waals surface area contributed by atoms with Gasteiger partial charge in [-0.1, -0.05) is 0 Å². The number of carboxylic acids is 1. The lowest BCUT2D eigenvalue weighted by molar-refractivity contribution is -0.141. The van der Waals surface area contributed by atoms with Crippen LogP contribution in [0.2, 0.25) is 0 Å². The van der Waals surface area contributed by atoms with Crippen LogP contribution in [0.5, 0.6) is 0 Å². The van der Waals surface area contributed by atoms with Gasteiger partial charge in [-0.2, -0.15) is 0 Å². The summed E-state index contributed by atoms with van der Waals surface area (Å²) in [6.45, 7) is 2.56. The fourth-order valence-corrected chi connectivity index (χ4v) is 2.90. The minimum atomic E-state index is -0.804. The molecule has 5 nitrogen and oxygen atoms in total. The number of carbonyl (C=O) groups is 1. The number of nitrogens with zero attached hydrogens (tertiary/aromatic N) is 2. The van der Waals surface area contributed by atoms with E-state index in [9.17, 15) is 9.18 Å². The third-order valence-electron chi connectivity index (χ3n) is 4.01. The van der Waals surface area contributed by atoms with E-state index in [2.05, 4.69) is 10.3 Å². The Kier molecular flexibility index (Phi) is 3.77. The van der Waals surface area contributed by atoms with Gasteiger partial charge in [0, 0.05) is 25.2 Å². The molecule has 1 atom stereocenters. The molecule has 6 heteroatoms. The first kappa shape index (κ1) is 13.9. The number of halogens is 1. The summed E-state index contributed by atoms with van der Waals surface area (Å²) < 4.78 is 14.3. The van der Waals surface area contributed by atoms with E-state index in [4.69, 9.17) is 5.11 Å². The zero-order valence-electron chi connectivity index (χ0n) is 11.7. The van der Waals surface area contributed by atoms with Crippen LogP contribution in [0.25, 0.3) is 0 Å². The molecule has 0 bridgehead atoms. The predicted octanol–water partition coefficient (Wildman–Crippen LogP) is 1.48. The number of aliphatic carboxylic acids is 1. The fraction of sp³-hybridized carbons (Fsp3) is 0.467. The summed E-state index contributed by atoms with van der Waals surface area (Å²) in [6.07, 6.45) is 1.43. The molecule has 1 aromatic carbocycles. The number of anilines is 1. The summed E-state index contributed by atoms with van der Waals surface area (Å²) in [5.41, 5.74) is 1.21. The molecule has 1 aromatic rings. The lowest BCUT2D eigenvalue weighted by Gasteiger charge is -2.32. The average Bonchev–Trinajstić information content (AvgIpc) is 3.01. The van der Waals surface area contributed by atoms with Crippen molar-refractivity contribution in [2.45, 2.75) is 12.8 Å². The Morgan fingerprint density at radius 1 is 1.48 bits per heavy atom. The van der Waals surface area contributed by atoms with Crippen LogP contribution in [0.3, 0.4) is 0 Å². The van der Waals surface area contributed by atoms with E-state index in [-0.39, 0.29) is 5.82 Å². The Bertz CT molecular complexity index is 588. The molecular formula is C15H18FN3O2. The first-order chi connectivity index (χ1) is 10.1. The van der Waals surface area contributed by atoms with Crippen LogP contribution in [0, 0.1) is 11.7 Å². The molecule has 0 aromatic heterocycles. The van der Waals surface area contributed by atoms with Crippen LogP contribution in [-0.2, 0) is 4.79 Å². The number of hydrogen-bond donors (Lipinski definition) is 2. The molecule has 1 unspecified atom stereocenters. The van der Waals surface area contributed by atoms with Crippen LogP contribution in [0.15, 0.2) is 23.2 Å². The standard InChI is InChI=1S/C15H18FN3O2/c16-12-8-10(14-17-5-6-18-14)3-4-13(12)19-7-1-2-11(9-19)15(20)21/h3-4,8,11H,1-2,5-7,9H2,(H,17,18)(H,20,21). The van der Waals surface area contributed by atoms with E-state index in [1.54, 1.807) is 6.07 Å². The second kappa shape index (κ2) is 5.71. The Hall–Kier alpha value is -2.11. The van der Waals surface area contributed by atoms with Crippen molar-refractivity contribution in [3.63, 3.8) is 0 Å². The molecule has 3 rings (SSSR count). The number of aliphatic imine (C=N–C) groups is 1. The van der Waals surface area contributed by atoms with Gasteiger partial charge < -0.3 is 15.3 Å². The summed E-state index contributed by atoms with van der Waals surface area (Å²) in [6, 6.07) is 5.02. The van der Waals surface area contributed by atoms with Gasteiger partial charge in [0.1, 0.15) is 11.7 Å². The number of rotatable bonds is 3. The second-order valence-electron chi connectivity index (χ2n) is 5.45. The molecule has 2 aliphatic rings. The van der Waals surface area contributed by atoms with E-state index in [1.807, 2.05) is 11.0 Å². The van der Waals surface area contributed by atoms with E-state index in [0.29, 0.717) is 31.7 Å². The van der Waals surface area contributed by atoms with Gasteiger partial charge in [0.2, 0.25) is 0 Å². The maximum atomic E-state index is 14.3. The van der Waals surface area contributed by atoms with Crippen molar-refractivity contribution < 1.29 is 14.3 Å². The molecule has 2 aliphatic heterocycles. The van der Waals surface area contributed by atoms with Crippen molar-refractivity contribution in [2.75, 3.05) is 31.1 Å². The Morgan fingerprint density at radius 3 is 3.00 bits per heavy atom. The Morgan fingerprint density at radius 2 is 2.33 bits per heavy atom. The summed E-state index contributed by atoms with van der Waals surface area (Å²) in [5.74, 6) is -0.822. The molecule has 1 saturated heterocycles. The zero-order valence-corrected chi connectivity index (χ0v) is 11.7. The first-order valence-corrected chi connectivity index (χ1v) is 7.21. The fourth-order valence-electron chi connectivity index (χ4n) is 2.90. The molecule has 0 saturated carbocycles. The van der Waals surface area contributed by atoms with Gasteiger partial charge in [-0.25, -0.2) is 4.39 Å². The van der Waals surface area contributed by atoms with Gasteiger partial charge in [0.05, 0.1) is 18.2 Å². The number of piperidine rings is 1. The van der Waals surface area contributed by atoms with Crippen LogP contribution in [0.1, 0.15) is 18.4 Å². The number of carboxylic acid groups (broad SMARTS) is 1. The van der Waals surface area contributed by atoms with Crippen molar-refractivity contribution in [2.24, 2.45) is 10.9 Å². The molecule has 2 heterocycles.